The summed E-state index contributed by atoms with van der Waals surface area (Å²) in [4.78, 5) is 10.4. The number of carbonyl (C=O) groups excluding carboxylic acids is 1. The van der Waals surface area contributed by atoms with Gasteiger partial charge in [-0.3, -0.25) is 0 Å². The summed E-state index contributed by atoms with van der Waals surface area (Å²) in [7, 11) is 1.53. The van der Waals surface area contributed by atoms with Gasteiger partial charge in [-0.05, 0) is 6.92 Å². The van der Waals surface area contributed by atoms with Crippen LogP contribution >= 0.6 is 0 Å². The molecule has 0 rings (SSSR count). The molecule has 0 spiro atoms. The van der Waals surface area contributed by atoms with Crippen LogP contribution in [0, 0.1) is 0 Å². The van der Waals surface area contributed by atoms with E-state index in [0.717, 1.165) is 0 Å². The van der Waals surface area contributed by atoms with Gasteiger partial charge in [0.25, 0.3) is 0 Å². The lowest BCUT2D eigenvalue weighted by atomic mass is 10.4. The highest BCUT2D eigenvalue weighted by Gasteiger charge is 1.97. The van der Waals surface area contributed by atoms with Crippen molar-refractivity contribution in [2.24, 2.45) is 0 Å². The largest absolute Gasteiger partial charge is 0.392 e. The molecule has 0 aromatic rings. The maximum atomic E-state index is 10.4. The van der Waals surface area contributed by atoms with Gasteiger partial charge in [0, 0.05) is 13.6 Å². The summed E-state index contributed by atoms with van der Waals surface area (Å²) < 4.78 is 0. The highest BCUT2D eigenvalue weighted by atomic mass is 16.3. The molecule has 0 bridgehead atoms. The van der Waals surface area contributed by atoms with Crippen LogP contribution in [-0.2, 0) is 0 Å². The van der Waals surface area contributed by atoms with Crippen LogP contribution in [0.5, 0.6) is 0 Å². The first-order valence-corrected chi connectivity index (χ1v) is 2.80. The van der Waals surface area contributed by atoms with Crippen LogP contribution < -0.4 is 10.6 Å². The van der Waals surface area contributed by atoms with Gasteiger partial charge in [-0.25, -0.2) is 4.79 Å². The standard InChI is InChI=1S/C5H12N2O2/c1-4(8)3-7-5(9)6-2/h4,8H,3H2,1-2H3,(H2,6,7,9)/t4-/m0/s1. The Morgan fingerprint density at radius 3 is 2.67 bits per heavy atom. The summed E-state index contributed by atoms with van der Waals surface area (Å²) >= 11 is 0. The Balaban J connectivity index is 3.17. The molecule has 0 fully saturated rings. The van der Waals surface area contributed by atoms with Gasteiger partial charge in [0.1, 0.15) is 0 Å². The molecule has 0 saturated carbocycles. The Labute approximate surface area is 54.3 Å². The van der Waals surface area contributed by atoms with Crippen molar-refractivity contribution in [3.8, 4) is 0 Å². The molecule has 2 amide bonds. The SMILES string of the molecule is CNC(=O)NC[C@H](C)O. The molecule has 1 atom stereocenters. The zero-order chi connectivity index (χ0) is 7.28. The minimum atomic E-state index is -0.484. The number of amides is 2. The number of aliphatic hydroxyl groups is 1. The molecule has 0 aromatic carbocycles. The van der Waals surface area contributed by atoms with Gasteiger partial charge >= 0.3 is 6.03 Å². The predicted octanol–water partition coefficient (Wildman–Crippen LogP) is -0.704. The first kappa shape index (κ1) is 8.23. The molecule has 0 radical (unpaired) electrons. The van der Waals surface area contributed by atoms with Gasteiger partial charge in [-0.2, -0.15) is 0 Å². The van der Waals surface area contributed by atoms with Crippen LogP contribution in [0.3, 0.4) is 0 Å². The zero-order valence-corrected chi connectivity index (χ0v) is 5.64. The van der Waals surface area contributed by atoms with Crippen molar-refractivity contribution >= 4 is 6.03 Å². The van der Waals surface area contributed by atoms with E-state index in [9.17, 15) is 4.79 Å². The summed E-state index contributed by atoms with van der Waals surface area (Å²) in [5.41, 5.74) is 0. The lowest BCUT2D eigenvalue weighted by Crippen LogP contribution is -2.36. The van der Waals surface area contributed by atoms with Crippen molar-refractivity contribution < 1.29 is 9.90 Å². The Morgan fingerprint density at radius 2 is 2.33 bits per heavy atom. The van der Waals surface area contributed by atoms with Crippen LogP contribution in [-0.4, -0.2) is 30.8 Å². The van der Waals surface area contributed by atoms with E-state index in [0.29, 0.717) is 6.54 Å². The normalized spacial score (nSPS) is 12.3. The maximum Gasteiger partial charge on any atom is 0.314 e. The van der Waals surface area contributed by atoms with E-state index in [-0.39, 0.29) is 6.03 Å². The van der Waals surface area contributed by atoms with Crippen molar-refractivity contribution in [1.29, 1.82) is 0 Å². The molecule has 4 heteroatoms. The van der Waals surface area contributed by atoms with E-state index in [2.05, 4.69) is 10.6 Å². The summed E-state index contributed by atoms with van der Waals surface area (Å²) in [6, 6.07) is -0.268. The Bertz CT molecular complexity index is 93.0. The molecule has 0 heterocycles. The highest BCUT2D eigenvalue weighted by Crippen LogP contribution is 1.73. The zero-order valence-electron chi connectivity index (χ0n) is 5.64. The predicted molar refractivity (Wildman–Crippen MR) is 34.1 cm³/mol. The second-order valence-corrected chi connectivity index (χ2v) is 1.81. The summed E-state index contributed by atoms with van der Waals surface area (Å²) in [6.07, 6.45) is -0.484. The molecule has 9 heavy (non-hydrogen) atoms. The quantitative estimate of drug-likeness (QED) is 0.465. The summed E-state index contributed by atoms with van der Waals surface area (Å²) in [5.74, 6) is 0. The van der Waals surface area contributed by atoms with E-state index >= 15 is 0 Å². The Morgan fingerprint density at radius 1 is 1.78 bits per heavy atom. The van der Waals surface area contributed by atoms with Crippen molar-refractivity contribution in [3.05, 3.63) is 0 Å². The lowest BCUT2D eigenvalue weighted by molar-refractivity contribution is 0.188. The highest BCUT2D eigenvalue weighted by molar-refractivity contribution is 5.73. The molecule has 0 saturated heterocycles. The van der Waals surface area contributed by atoms with Gasteiger partial charge in [0.05, 0.1) is 6.10 Å². The second kappa shape index (κ2) is 4.14. The van der Waals surface area contributed by atoms with E-state index in [1.54, 1.807) is 6.92 Å². The summed E-state index contributed by atoms with van der Waals surface area (Å²) in [5, 5.41) is 13.4. The van der Waals surface area contributed by atoms with Gasteiger partial charge in [0.2, 0.25) is 0 Å². The molecule has 0 aliphatic heterocycles. The number of hydrogen-bond acceptors (Lipinski definition) is 2. The topological polar surface area (TPSA) is 61.4 Å². The molecule has 54 valence electrons. The third-order valence-electron chi connectivity index (χ3n) is 0.785. The van der Waals surface area contributed by atoms with Crippen molar-refractivity contribution in [2.75, 3.05) is 13.6 Å². The lowest BCUT2D eigenvalue weighted by Gasteiger charge is -2.04. The van der Waals surface area contributed by atoms with Crippen LogP contribution in [0.15, 0.2) is 0 Å². The Hall–Kier alpha value is -0.770. The number of rotatable bonds is 2. The first-order chi connectivity index (χ1) is 4.16. The fourth-order valence-corrected chi connectivity index (χ4v) is 0.329. The van der Waals surface area contributed by atoms with Crippen LogP contribution in [0.4, 0.5) is 4.79 Å². The van der Waals surface area contributed by atoms with Crippen LogP contribution in [0.25, 0.3) is 0 Å². The third-order valence-corrected chi connectivity index (χ3v) is 0.785. The van der Waals surface area contributed by atoms with Crippen LogP contribution in [0.2, 0.25) is 0 Å². The van der Waals surface area contributed by atoms with Crippen molar-refractivity contribution in [2.45, 2.75) is 13.0 Å². The molecule has 0 aliphatic carbocycles. The minimum absolute atomic E-state index is 0.268. The van der Waals surface area contributed by atoms with E-state index < -0.39 is 6.10 Å². The molecular weight excluding hydrogens is 120 g/mol. The minimum Gasteiger partial charge on any atom is -0.392 e. The molecule has 0 aromatic heterocycles. The second-order valence-electron chi connectivity index (χ2n) is 1.81. The van der Waals surface area contributed by atoms with Crippen molar-refractivity contribution in [3.63, 3.8) is 0 Å². The van der Waals surface area contributed by atoms with E-state index in [4.69, 9.17) is 5.11 Å². The summed E-state index contributed by atoms with van der Waals surface area (Å²) in [6.45, 7) is 1.90. The van der Waals surface area contributed by atoms with Gasteiger partial charge in [-0.15, -0.1) is 0 Å². The number of aliphatic hydroxyl groups excluding tert-OH is 1. The van der Waals surface area contributed by atoms with Crippen molar-refractivity contribution in [1.82, 2.24) is 10.6 Å². The molecule has 4 nitrogen and oxygen atoms in total. The Kier molecular flexibility index (Phi) is 3.79. The average Bonchev–Trinajstić information content (AvgIpc) is 1.83. The number of carbonyl (C=O) groups is 1. The van der Waals surface area contributed by atoms with Gasteiger partial charge in [-0.1, -0.05) is 0 Å². The monoisotopic (exact) mass is 132 g/mol. The smallest absolute Gasteiger partial charge is 0.314 e. The molecule has 0 unspecified atom stereocenters. The third kappa shape index (κ3) is 5.10. The molecule has 3 N–H and O–H groups in total. The molecule has 0 aliphatic rings. The fraction of sp³-hybridized carbons (Fsp3) is 0.800. The maximum absolute atomic E-state index is 10.4. The van der Waals surface area contributed by atoms with E-state index in [1.807, 2.05) is 0 Å². The fourth-order valence-electron chi connectivity index (χ4n) is 0.329. The first-order valence-electron chi connectivity index (χ1n) is 2.80. The number of nitrogens with one attached hydrogen (secondary N) is 2. The molecular formula is C5H12N2O2. The van der Waals surface area contributed by atoms with Gasteiger partial charge in [0.15, 0.2) is 0 Å². The van der Waals surface area contributed by atoms with Gasteiger partial charge < -0.3 is 15.7 Å². The van der Waals surface area contributed by atoms with Crippen LogP contribution in [0.1, 0.15) is 6.92 Å². The van der Waals surface area contributed by atoms with E-state index in [1.165, 1.54) is 7.05 Å². The number of hydrogen-bond donors (Lipinski definition) is 3. The average molecular weight is 132 g/mol. The number of urea groups is 1.